The summed E-state index contributed by atoms with van der Waals surface area (Å²) in [6.45, 7) is 6.06. The molecule has 2 heterocycles. The van der Waals surface area contributed by atoms with E-state index in [2.05, 4.69) is 23.5 Å². The highest BCUT2D eigenvalue weighted by Crippen LogP contribution is 2.26. The van der Waals surface area contributed by atoms with Crippen molar-refractivity contribution in [2.45, 2.75) is 18.5 Å². The fourth-order valence-corrected chi connectivity index (χ4v) is 2.88. The minimum absolute atomic E-state index is 0.566. The Balaban J connectivity index is 2.21. The molecule has 0 aromatic carbocycles. The molecule has 0 aliphatic rings. The molecule has 2 rings (SSSR count). The molecular formula is C11H13N3S2. The zero-order valence-electron chi connectivity index (χ0n) is 9.06. The third-order valence-electron chi connectivity index (χ3n) is 2.24. The molecule has 2 aromatic heterocycles. The van der Waals surface area contributed by atoms with Gasteiger partial charge in [0.15, 0.2) is 5.16 Å². The second-order valence-corrected chi connectivity index (χ2v) is 5.26. The molecule has 0 aliphatic carbocycles. The lowest BCUT2D eigenvalue weighted by Gasteiger charge is -2.03. The summed E-state index contributed by atoms with van der Waals surface area (Å²) >= 11 is 3.18. The highest BCUT2D eigenvalue weighted by Gasteiger charge is 2.06. The van der Waals surface area contributed by atoms with Crippen LogP contribution in [-0.4, -0.2) is 15.7 Å². The van der Waals surface area contributed by atoms with Crippen molar-refractivity contribution in [1.82, 2.24) is 9.97 Å². The zero-order valence-corrected chi connectivity index (χ0v) is 10.7. The van der Waals surface area contributed by atoms with E-state index < -0.39 is 0 Å². The number of nitrogens with zero attached hydrogens (tertiary/aromatic N) is 2. The van der Waals surface area contributed by atoms with Gasteiger partial charge in [-0.15, -0.1) is 11.3 Å². The smallest absolute Gasteiger partial charge is 0.191 e. The van der Waals surface area contributed by atoms with Gasteiger partial charge in [0.1, 0.15) is 10.6 Å². The topological polar surface area (TPSA) is 51.8 Å². The molecule has 5 heteroatoms. The van der Waals surface area contributed by atoms with Crippen molar-refractivity contribution in [2.24, 2.45) is 0 Å². The number of nitrogen functional groups attached to an aromatic ring is 1. The fraction of sp³-hybridized carbons (Fsp3) is 0.273. The van der Waals surface area contributed by atoms with Gasteiger partial charge < -0.3 is 5.73 Å². The number of nitrogens with two attached hydrogens (primary N) is 1. The predicted octanol–water partition coefficient (Wildman–Crippen LogP) is 3.33. The molecule has 0 unspecified atom stereocenters. The standard InChI is InChI=1S/C11H13N3S2/c1-3-7(2)6-16-11-13-9(12)8-4-5-15-10(8)14-11/h4-5H,2-3,6H2,1H3,(H2,12,13,14). The van der Waals surface area contributed by atoms with Gasteiger partial charge in [0.25, 0.3) is 0 Å². The largest absolute Gasteiger partial charge is 0.383 e. The van der Waals surface area contributed by atoms with E-state index in [1.54, 1.807) is 23.1 Å². The Morgan fingerprint density at radius 1 is 1.56 bits per heavy atom. The highest BCUT2D eigenvalue weighted by atomic mass is 32.2. The van der Waals surface area contributed by atoms with E-state index in [4.69, 9.17) is 5.73 Å². The minimum atomic E-state index is 0.566. The van der Waals surface area contributed by atoms with Crippen LogP contribution in [0.25, 0.3) is 10.2 Å². The third kappa shape index (κ3) is 2.36. The Kier molecular flexibility index (Phi) is 3.46. The van der Waals surface area contributed by atoms with Gasteiger partial charge >= 0.3 is 0 Å². The molecule has 0 saturated heterocycles. The highest BCUT2D eigenvalue weighted by molar-refractivity contribution is 7.99. The average molecular weight is 251 g/mol. The van der Waals surface area contributed by atoms with Crippen LogP contribution >= 0.6 is 23.1 Å². The number of rotatable bonds is 4. The first-order valence-corrected chi connectivity index (χ1v) is 6.87. The van der Waals surface area contributed by atoms with Crippen molar-refractivity contribution in [2.75, 3.05) is 11.5 Å². The number of thioether (sulfide) groups is 1. The summed E-state index contributed by atoms with van der Waals surface area (Å²) < 4.78 is 0. The molecule has 3 nitrogen and oxygen atoms in total. The minimum Gasteiger partial charge on any atom is -0.383 e. The summed E-state index contributed by atoms with van der Waals surface area (Å²) in [5, 5.41) is 3.67. The Labute approximate surface area is 103 Å². The fourth-order valence-electron chi connectivity index (χ4n) is 1.19. The van der Waals surface area contributed by atoms with Gasteiger partial charge in [-0.2, -0.15) is 0 Å². The van der Waals surface area contributed by atoms with Crippen LogP contribution in [-0.2, 0) is 0 Å². The van der Waals surface area contributed by atoms with Crippen LogP contribution in [0.3, 0.4) is 0 Å². The number of anilines is 1. The molecule has 0 atom stereocenters. The van der Waals surface area contributed by atoms with Crippen molar-refractivity contribution in [3.8, 4) is 0 Å². The van der Waals surface area contributed by atoms with Crippen LogP contribution in [0.2, 0.25) is 0 Å². The van der Waals surface area contributed by atoms with Crippen molar-refractivity contribution >= 4 is 39.1 Å². The normalized spacial score (nSPS) is 10.8. The monoisotopic (exact) mass is 251 g/mol. The summed E-state index contributed by atoms with van der Waals surface area (Å²) in [5.41, 5.74) is 7.05. The van der Waals surface area contributed by atoms with Gasteiger partial charge in [0.05, 0.1) is 5.39 Å². The van der Waals surface area contributed by atoms with Crippen LogP contribution < -0.4 is 5.73 Å². The summed E-state index contributed by atoms with van der Waals surface area (Å²) in [7, 11) is 0. The van der Waals surface area contributed by atoms with Crippen LogP contribution in [0.4, 0.5) is 5.82 Å². The molecule has 0 saturated carbocycles. The van der Waals surface area contributed by atoms with Crippen molar-refractivity contribution in [3.63, 3.8) is 0 Å². The van der Waals surface area contributed by atoms with Crippen molar-refractivity contribution < 1.29 is 0 Å². The summed E-state index contributed by atoms with van der Waals surface area (Å²) in [6.07, 6.45) is 0.990. The molecule has 2 aromatic rings. The lowest BCUT2D eigenvalue weighted by atomic mass is 10.3. The van der Waals surface area contributed by atoms with Crippen LogP contribution in [0.15, 0.2) is 28.8 Å². The molecule has 2 N–H and O–H groups in total. The molecule has 0 spiro atoms. The van der Waals surface area contributed by atoms with E-state index in [0.29, 0.717) is 5.82 Å². The van der Waals surface area contributed by atoms with E-state index >= 15 is 0 Å². The molecule has 84 valence electrons. The molecule has 0 bridgehead atoms. The maximum atomic E-state index is 5.86. The van der Waals surface area contributed by atoms with Crippen LogP contribution in [0, 0.1) is 0 Å². The SMILES string of the molecule is C=C(CC)CSc1nc(N)c2ccsc2n1. The van der Waals surface area contributed by atoms with Crippen molar-refractivity contribution in [1.29, 1.82) is 0 Å². The number of hydrogen-bond donors (Lipinski definition) is 1. The van der Waals surface area contributed by atoms with Gasteiger partial charge in [0, 0.05) is 5.75 Å². The van der Waals surface area contributed by atoms with Gasteiger partial charge in [-0.05, 0) is 17.9 Å². The lowest BCUT2D eigenvalue weighted by molar-refractivity contribution is 1.02. The van der Waals surface area contributed by atoms with Gasteiger partial charge in [-0.3, -0.25) is 0 Å². The molecule has 16 heavy (non-hydrogen) atoms. The first-order chi connectivity index (χ1) is 7.70. The third-order valence-corrected chi connectivity index (χ3v) is 4.04. The average Bonchev–Trinajstić information content (AvgIpc) is 2.74. The maximum Gasteiger partial charge on any atom is 0.191 e. The van der Waals surface area contributed by atoms with Gasteiger partial charge in [-0.25, -0.2) is 9.97 Å². The van der Waals surface area contributed by atoms with Crippen LogP contribution in [0.1, 0.15) is 13.3 Å². The van der Waals surface area contributed by atoms with Crippen molar-refractivity contribution in [3.05, 3.63) is 23.6 Å². The quantitative estimate of drug-likeness (QED) is 0.514. The number of aromatic nitrogens is 2. The first-order valence-electron chi connectivity index (χ1n) is 5.01. The Morgan fingerprint density at radius 3 is 3.12 bits per heavy atom. The van der Waals surface area contributed by atoms with Gasteiger partial charge in [0.2, 0.25) is 0 Å². The zero-order chi connectivity index (χ0) is 11.5. The van der Waals surface area contributed by atoms with E-state index in [1.165, 1.54) is 5.57 Å². The molecule has 0 aliphatic heterocycles. The summed E-state index contributed by atoms with van der Waals surface area (Å²) in [5.74, 6) is 1.42. The number of fused-ring (bicyclic) bond motifs is 1. The van der Waals surface area contributed by atoms with Gasteiger partial charge in [-0.1, -0.05) is 30.8 Å². The maximum absolute atomic E-state index is 5.86. The molecule has 0 amide bonds. The lowest BCUT2D eigenvalue weighted by Crippen LogP contribution is -1.95. The Bertz CT molecular complexity index is 519. The van der Waals surface area contributed by atoms with E-state index in [1.807, 2.05) is 11.4 Å². The number of hydrogen-bond acceptors (Lipinski definition) is 5. The Morgan fingerprint density at radius 2 is 2.38 bits per heavy atom. The second kappa shape index (κ2) is 4.84. The molecular weight excluding hydrogens is 238 g/mol. The second-order valence-electron chi connectivity index (χ2n) is 3.42. The molecule has 0 radical (unpaired) electrons. The summed E-state index contributed by atoms with van der Waals surface area (Å²) in [6, 6.07) is 1.95. The van der Waals surface area contributed by atoms with E-state index in [-0.39, 0.29) is 0 Å². The van der Waals surface area contributed by atoms with Crippen LogP contribution in [0.5, 0.6) is 0 Å². The first kappa shape index (κ1) is 11.4. The Hall–Kier alpha value is -1.07. The van der Waals surface area contributed by atoms with E-state index in [0.717, 1.165) is 27.5 Å². The van der Waals surface area contributed by atoms with E-state index in [9.17, 15) is 0 Å². The summed E-state index contributed by atoms with van der Waals surface area (Å²) in [4.78, 5) is 9.68. The predicted molar refractivity (Wildman–Crippen MR) is 72.0 cm³/mol. The molecule has 0 fully saturated rings. The number of thiophene rings is 1.